The quantitative estimate of drug-likeness (QED) is 0.853. The first kappa shape index (κ1) is 13.7. The van der Waals surface area contributed by atoms with Crippen LogP contribution in [0.1, 0.15) is 31.4 Å². The summed E-state index contributed by atoms with van der Waals surface area (Å²) < 4.78 is 32.2. The number of benzene rings is 1. The van der Waals surface area contributed by atoms with Gasteiger partial charge in [0, 0.05) is 11.6 Å². The van der Waals surface area contributed by atoms with Crippen molar-refractivity contribution in [3.8, 4) is 0 Å². The Hall–Kier alpha value is -0.710. The monoisotopic (exact) mass is 275 g/mol. The van der Waals surface area contributed by atoms with Crippen LogP contribution >= 0.6 is 11.6 Å². The van der Waals surface area contributed by atoms with Crippen LogP contribution in [0.3, 0.4) is 0 Å². The summed E-state index contributed by atoms with van der Waals surface area (Å²) in [5, 5.41) is 3.30. The first-order valence-corrected chi connectivity index (χ1v) is 6.31. The van der Waals surface area contributed by atoms with Crippen molar-refractivity contribution in [2.75, 3.05) is 13.7 Å². The Labute approximate surface area is 110 Å². The fourth-order valence-electron chi connectivity index (χ4n) is 2.58. The van der Waals surface area contributed by atoms with Gasteiger partial charge in [-0.2, -0.15) is 0 Å². The van der Waals surface area contributed by atoms with E-state index in [0.717, 1.165) is 25.0 Å². The standard InChI is InChI=1S/C13H16ClF2NO/c1-13(4-3-5-18-13)12(17-2)8-6-10(15)11(16)7-9(8)14/h6-7,12,17H,3-5H2,1-2H3. The molecule has 0 aromatic heterocycles. The van der Waals surface area contributed by atoms with Gasteiger partial charge in [0.1, 0.15) is 0 Å². The predicted octanol–water partition coefficient (Wildman–Crippen LogP) is 3.45. The summed E-state index contributed by atoms with van der Waals surface area (Å²) in [5.41, 5.74) is 0.0883. The Balaban J connectivity index is 2.41. The molecule has 1 aliphatic rings. The minimum Gasteiger partial charge on any atom is -0.373 e. The number of hydrogen-bond acceptors (Lipinski definition) is 2. The molecule has 1 heterocycles. The van der Waals surface area contributed by atoms with E-state index in [1.807, 2.05) is 6.92 Å². The van der Waals surface area contributed by atoms with Crippen molar-refractivity contribution in [1.82, 2.24) is 5.32 Å². The maximum Gasteiger partial charge on any atom is 0.160 e. The molecule has 100 valence electrons. The van der Waals surface area contributed by atoms with E-state index in [2.05, 4.69) is 5.32 Å². The summed E-state index contributed by atoms with van der Waals surface area (Å²) in [7, 11) is 1.76. The van der Waals surface area contributed by atoms with Gasteiger partial charge >= 0.3 is 0 Å². The van der Waals surface area contributed by atoms with E-state index >= 15 is 0 Å². The van der Waals surface area contributed by atoms with Crippen LogP contribution in [0.5, 0.6) is 0 Å². The Kier molecular flexibility index (Phi) is 3.90. The maximum absolute atomic E-state index is 13.4. The van der Waals surface area contributed by atoms with Gasteiger partial charge in [-0.25, -0.2) is 8.78 Å². The lowest BCUT2D eigenvalue weighted by Gasteiger charge is -2.34. The number of rotatable bonds is 3. The van der Waals surface area contributed by atoms with Gasteiger partial charge in [-0.05, 0) is 44.5 Å². The molecule has 1 aliphatic heterocycles. The summed E-state index contributed by atoms with van der Waals surface area (Å²) in [6.07, 6.45) is 1.81. The topological polar surface area (TPSA) is 21.3 Å². The molecule has 2 rings (SSSR count). The molecule has 0 spiro atoms. The molecular weight excluding hydrogens is 260 g/mol. The number of hydrogen-bond donors (Lipinski definition) is 1. The molecule has 18 heavy (non-hydrogen) atoms. The lowest BCUT2D eigenvalue weighted by molar-refractivity contribution is -0.0105. The predicted molar refractivity (Wildman–Crippen MR) is 66.8 cm³/mol. The minimum atomic E-state index is -0.934. The number of halogens is 3. The molecule has 1 aromatic rings. The van der Waals surface area contributed by atoms with Crippen LogP contribution in [0.4, 0.5) is 8.78 Å². The molecule has 0 radical (unpaired) electrons. The van der Waals surface area contributed by atoms with Gasteiger partial charge in [-0.1, -0.05) is 11.6 Å². The molecule has 1 fully saturated rings. The van der Waals surface area contributed by atoms with E-state index in [4.69, 9.17) is 16.3 Å². The molecular formula is C13H16ClF2NO. The zero-order chi connectivity index (χ0) is 13.3. The van der Waals surface area contributed by atoms with Crippen molar-refractivity contribution < 1.29 is 13.5 Å². The number of nitrogens with one attached hydrogen (secondary N) is 1. The summed E-state index contributed by atoms with van der Waals surface area (Å²) in [6, 6.07) is 1.89. The average molecular weight is 276 g/mol. The van der Waals surface area contributed by atoms with Crippen LogP contribution in [0.2, 0.25) is 5.02 Å². The normalized spacial score (nSPS) is 25.4. The lowest BCUT2D eigenvalue weighted by Crippen LogP contribution is -2.39. The van der Waals surface area contributed by atoms with E-state index in [1.165, 1.54) is 0 Å². The third-order valence-corrected chi connectivity index (χ3v) is 3.83. The Morgan fingerprint density at radius 1 is 1.39 bits per heavy atom. The second kappa shape index (κ2) is 5.11. The summed E-state index contributed by atoms with van der Waals surface area (Å²) in [5.74, 6) is -1.83. The fraction of sp³-hybridized carbons (Fsp3) is 0.538. The summed E-state index contributed by atoms with van der Waals surface area (Å²) >= 11 is 6.01. The van der Waals surface area contributed by atoms with Crippen molar-refractivity contribution in [3.63, 3.8) is 0 Å². The smallest absolute Gasteiger partial charge is 0.160 e. The van der Waals surface area contributed by atoms with Gasteiger partial charge in [0.25, 0.3) is 0 Å². The van der Waals surface area contributed by atoms with Gasteiger partial charge in [-0.15, -0.1) is 0 Å². The van der Waals surface area contributed by atoms with Crippen LogP contribution in [-0.2, 0) is 4.74 Å². The van der Waals surface area contributed by atoms with Crippen molar-refractivity contribution in [1.29, 1.82) is 0 Å². The first-order chi connectivity index (χ1) is 8.48. The zero-order valence-electron chi connectivity index (χ0n) is 10.4. The van der Waals surface area contributed by atoms with Crippen LogP contribution in [0.15, 0.2) is 12.1 Å². The Bertz CT molecular complexity index is 447. The van der Waals surface area contributed by atoms with E-state index in [9.17, 15) is 8.78 Å². The first-order valence-electron chi connectivity index (χ1n) is 5.93. The van der Waals surface area contributed by atoms with Gasteiger partial charge in [0.2, 0.25) is 0 Å². The summed E-state index contributed by atoms with van der Waals surface area (Å²) in [6.45, 7) is 2.63. The van der Waals surface area contributed by atoms with Gasteiger partial charge in [0.05, 0.1) is 11.6 Å². The van der Waals surface area contributed by atoms with Crippen LogP contribution < -0.4 is 5.32 Å². The third kappa shape index (κ3) is 2.37. The molecule has 0 amide bonds. The van der Waals surface area contributed by atoms with Crippen LogP contribution in [0, 0.1) is 11.6 Å². The lowest BCUT2D eigenvalue weighted by atomic mass is 9.87. The Morgan fingerprint density at radius 2 is 2.06 bits per heavy atom. The number of ether oxygens (including phenoxy) is 1. The third-order valence-electron chi connectivity index (χ3n) is 3.50. The van der Waals surface area contributed by atoms with E-state index in [-0.39, 0.29) is 11.1 Å². The van der Waals surface area contributed by atoms with Crippen molar-refractivity contribution in [2.45, 2.75) is 31.4 Å². The molecule has 0 aliphatic carbocycles. The van der Waals surface area contributed by atoms with Crippen molar-refractivity contribution >= 4 is 11.6 Å². The van der Waals surface area contributed by atoms with E-state index in [0.29, 0.717) is 12.2 Å². The van der Waals surface area contributed by atoms with E-state index in [1.54, 1.807) is 7.05 Å². The van der Waals surface area contributed by atoms with Gasteiger partial charge in [-0.3, -0.25) is 0 Å². The highest BCUT2D eigenvalue weighted by molar-refractivity contribution is 6.31. The highest BCUT2D eigenvalue weighted by Gasteiger charge is 2.39. The highest BCUT2D eigenvalue weighted by Crippen LogP contribution is 2.40. The molecule has 0 saturated carbocycles. The molecule has 1 N–H and O–H groups in total. The molecule has 2 atom stereocenters. The van der Waals surface area contributed by atoms with Crippen LogP contribution in [-0.4, -0.2) is 19.3 Å². The number of likely N-dealkylation sites (N-methyl/N-ethyl adjacent to an activating group) is 1. The largest absolute Gasteiger partial charge is 0.373 e. The van der Waals surface area contributed by atoms with Crippen molar-refractivity contribution in [3.05, 3.63) is 34.4 Å². The average Bonchev–Trinajstić information content (AvgIpc) is 2.74. The molecule has 1 saturated heterocycles. The second-order valence-corrected chi connectivity index (χ2v) is 5.18. The second-order valence-electron chi connectivity index (χ2n) is 4.77. The fourth-order valence-corrected chi connectivity index (χ4v) is 2.84. The molecule has 2 unspecified atom stereocenters. The molecule has 5 heteroatoms. The molecule has 1 aromatic carbocycles. The van der Waals surface area contributed by atoms with Crippen molar-refractivity contribution in [2.24, 2.45) is 0 Å². The van der Waals surface area contributed by atoms with E-state index < -0.39 is 17.2 Å². The molecule has 0 bridgehead atoms. The SMILES string of the molecule is CNC(c1cc(F)c(F)cc1Cl)C1(C)CCCO1. The minimum absolute atomic E-state index is 0.213. The van der Waals surface area contributed by atoms with Gasteiger partial charge < -0.3 is 10.1 Å². The van der Waals surface area contributed by atoms with Gasteiger partial charge in [0.15, 0.2) is 11.6 Å². The molecule has 2 nitrogen and oxygen atoms in total. The maximum atomic E-state index is 13.4. The highest BCUT2D eigenvalue weighted by atomic mass is 35.5. The summed E-state index contributed by atoms with van der Waals surface area (Å²) in [4.78, 5) is 0. The Morgan fingerprint density at radius 3 is 2.61 bits per heavy atom. The van der Waals surface area contributed by atoms with Crippen LogP contribution in [0.25, 0.3) is 0 Å². The zero-order valence-corrected chi connectivity index (χ0v) is 11.2.